The van der Waals surface area contributed by atoms with Crippen LogP contribution in [0.2, 0.25) is 0 Å². The van der Waals surface area contributed by atoms with Gasteiger partial charge in [-0.25, -0.2) is 17.8 Å². The van der Waals surface area contributed by atoms with Crippen LogP contribution in [0.3, 0.4) is 0 Å². The van der Waals surface area contributed by atoms with E-state index in [9.17, 15) is 30.8 Å². The number of halogens is 4. The molecule has 2 aromatic rings. The first-order chi connectivity index (χ1) is 16.9. The molecule has 0 atom stereocenters. The van der Waals surface area contributed by atoms with Gasteiger partial charge in [0, 0.05) is 31.3 Å². The monoisotopic (exact) mass is 526 g/mol. The summed E-state index contributed by atoms with van der Waals surface area (Å²) < 4.78 is 84.0. The van der Waals surface area contributed by atoms with Gasteiger partial charge in [-0.05, 0) is 35.9 Å². The molecule has 0 saturated carbocycles. The van der Waals surface area contributed by atoms with Gasteiger partial charge in [0.15, 0.2) is 0 Å². The smallest absolute Gasteiger partial charge is 0.378 e. The maximum absolute atomic E-state index is 14.4. The molecule has 192 valence electrons. The predicted octanol–water partition coefficient (Wildman–Crippen LogP) is 2.76. The zero-order valence-electron chi connectivity index (χ0n) is 19.0. The fourth-order valence-corrected chi connectivity index (χ4v) is 3.94. The minimum atomic E-state index is -4.63. The lowest BCUT2D eigenvalue weighted by atomic mass is 10.1. The van der Waals surface area contributed by atoms with Crippen molar-refractivity contribution < 1.29 is 35.5 Å². The Hall–Kier alpha value is -3.63. The summed E-state index contributed by atoms with van der Waals surface area (Å²) >= 11 is 0. The van der Waals surface area contributed by atoms with Crippen LogP contribution in [-0.2, 0) is 32.3 Å². The van der Waals surface area contributed by atoms with Crippen molar-refractivity contribution in [3.63, 3.8) is 0 Å². The lowest BCUT2D eigenvalue weighted by Crippen LogP contribution is -2.37. The molecule has 2 N–H and O–H groups in total. The van der Waals surface area contributed by atoms with E-state index in [2.05, 4.69) is 16.2 Å². The summed E-state index contributed by atoms with van der Waals surface area (Å²) in [4.78, 5) is 17.7. The van der Waals surface area contributed by atoms with Crippen molar-refractivity contribution in [2.45, 2.75) is 12.7 Å². The second-order valence-electron chi connectivity index (χ2n) is 7.78. The minimum Gasteiger partial charge on any atom is -0.378 e. The fraction of sp³-hybridized carbons (Fsp3) is 0.304. The number of anilines is 2. The van der Waals surface area contributed by atoms with E-state index in [0.717, 1.165) is 24.5 Å². The average Bonchev–Trinajstić information content (AvgIpc) is 2.82. The van der Waals surface area contributed by atoms with Crippen LogP contribution in [0.5, 0.6) is 0 Å². The van der Waals surface area contributed by atoms with E-state index >= 15 is 0 Å². The Balaban J connectivity index is 1.76. The molecule has 1 aromatic heterocycles. The number of nitrogens with zero attached hydrogens (tertiary/aromatic N) is 2. The number of carbonyl (C=O) groups is 1. The fourth-order valence-electron chi connectivity index (χ4n) is 3.36. The predicted molar refractivity (Wildman–Crippen MR) is 126 cm³/mol. The van der Waals surface area contributed by atoms with E-state index in [1.54, 1.807) is 4.90 Å². The topological polar surface area (TPSA) is 101 Å². The summed E-state index contributed by atoms with van der Waals surface area (Å²) in [6.45, 7) is 1.20. The van der Waals surface area contributed by atoms with Crippen LogP contribution in [0.4, 0.5) is 29.1 Å². The first-order valence-corrected chi connectivity index (χ1v) is 12.4. The lowest BCUT2D eigenvalue weighted by Gasteiger charge is -2.29. The van der Waals surface area contributed by atoms with Crippen LogP contribution >= 0.6 is 0 Å². The number of aromatic nitrogens is 1. The van der Waals surface area contributed by atoms with Crippen LogP contribution in [0.25, 0.3) is 6.08 Å². The summed E-state index contributed by atoms with van der Waals surface area (Å²) in [5.41, 5.74) is -0.902. The SMILES string of the molecule is C#Cc1cc(CNC(=O)C=Cc2ccc(C(F)(F)F)nc2N2CCOCC2)cc(F)c1NS(C)(=O)=O. The second-order valence-corrected chi connectivity index (χ2v) is 9.52. The van der Waals surface area contributed by atoms with Crippen LogP contribution in [0, 0.1) is 18.2 Å². The van der Waals surface area contributed by atoms with Crippen molar-refractivity contribution in [2.24, 2.45) is 0 Å². The average molecular weight is 527 g/mol. The number of morpholine rings is 1. The van der Waals surface area contributed by atoms with Crippen LogP contribution in [0.15, 0.2) is 30.3 Å². The number of alkyl halides is 3. The van der Waals surface area contributed by atoms with Crippen molar-refractivity contribution in [1.82, 2.24) is 10.3 Å². The molecule has 1 aliphatic heterocycles. The minimum absolute atomic E-state index is 0.0498. The van der Waals surface area contributed by atoms with Gasteiger partial charge in [-0.2, -0.15) is 13.2 Å². The molecule has 1 amide bonds. The Kier molecular flexibility index (Phi) is 8.21. The number of carbonyl (C=O) groups excluding carboxylic acids is 1. The highest BCUT2D eigenvalue weighted by Gasteiger charge is 2.33. The van der Waals surface area contributed by atoms with Crippen molar-refractivity contribution in [3.8, 4) is 12.3 Å². The molecule has 3 rings (SSSR count). The van der Waals surface area contributed by atoms with E-state index in [1.165, 1.54) is 18.2 Å². The molecule has 0 radical (unpaired) electrons. The molecular formula is C23H22F4N4O4S. The van der Waals surface area contributed by atoms with Gasteiger partial charge in [-0.1, -0.05) is 5.92 Å². The third kappa shape index (κ3) is 7.19. The molecule has 2 heterocycles. The van der Waals surface area contributed by atoms with Gasteiger partial charge in [0.05, 0.1) is 30.7 Å². The van der Waals surface area contributed by atoms with Gasteiger partial charge < -0.3 is 15.0 Å². The highest BCUT2D eigenvalue weighted by atomic mass is 32.2. The number of rotatable bonds is 7. The second kappa shape index (κ2) is 11.0. The molecule has 8 nitrogen and oxygen atoms in total. The first-order valence-electron chi connectivity index (χ1n) is 10.5. The zero-order valence-corrected chi connectivity index (χ0v) is 19.8. The van der Waals surface area contributed by atoms with Crippen molar-refractivity contribution in [3.05, 3.63) is 58.5 Å². The normalized spacial score (nSPS) is 14.5. The third-order valence-corrected chi connectivity index (χ3v) is 5.56. The Morgan fingerprint density at radius 2 is 1.97 bits per heavy atom. The third-order valence-electron chi connectivity index (χ3n) is 4.98. The number of terminal acetylenes is 1. The number of hydrogen-bond acceptors (Lipinski definition) is 6. The Morgan fingerprint density at radius 3 is 2.58 bits per heavy atom. The van der Waals surface area contributed by atoms with Crippen LogP contribution in [-0.4, -0.2) is 51.9 Å². The molecule has 0 bridgehead atoms. The number of benzene rings is 1. The quantitative estimate of drug-likeness (QED) is 0.327. The van der Waals surface area contributed by atoms with Crippen molar-refractivity contribution in [2.75, 3.05) is 42.2 Å². The summed E-state index contributed by atoms with van der Waals surface area (Å²) in [5.74, 6) is 0.745. The molecule has 0 unspecified atom stereocenters. The van der Waals surface area contributed by atoms with Crippen molar-refractivity contribution >= 4 is 33.5 Å². The molecule has 0 aliphatic carbocycles. The number of nitrogens with one attached hydrogen (secondary N) is 2. The standard InChI is InChI=1S/C23H22F4N4O4S/c1-3-16-12-15(13-18(24)21(16)30-36(2,33)34)14-28-20(32)7-5-17-4-6-19(23(25,26)27)29-22(17)31-8-10-35-11-9-31/h1,4-7,12-13,30H,8-11,14H2,2H3,(H,28,32). The Morgan fingerprint density at radius 1 is 1.28 bits per heavy atom. The van der Waals surface area contributed by atoms with Gasteiger partial charge in [0.1, 0.15) is 17.3 Å². The molecular weight excluding hydrogens is 504 g/mol. The summed E-state index contributed by atoms with van der Waals surface area (Å²) in [6.07, 6.45) is 4.03. The van der Waals surface area contributed by atoms with Gasteiger partial charge in [0.2, 0.25) is 15.9 Å². The maximum atomic E-state index is 14.4. The highest BCUT2D eigenvalue weighted by molar-refractivity contribution is 7.92. The van der Waals surface area contributed by atoms with Crippen LogP contribution < -0.4 is 14.9 Å². The first kappa shape index (κ1) is 27.0. The summed E-state index contributed by atoms with van der Waals surface area (Å²) in [6, 6.07) is 4.43. The number of amides is 1. The molecule has 0 spiro atoms. The largest absolute Gasteiger partial charge is 0.433 e. The molecule has 13 heteroatoms. The summed E-state index contributed by atoms with van der Waals surface area (Å²) in [7, 11) is -3.77. The Labute approximate surface area is 205 Å². The number of pyridine rings is 1. The van der Waals surface area contributed by atoms with E-state index in [-0.39, 0.29) is 29.2 Å². The Bertz CT molecular complexity index is 1310. The highest BCUT2D eigenvalue weighted by Crippen LogP contribution is 2.31. The molecule has 1 aliphatic rings. The number of sulfonamides is 1. The molecule has 36 heavy (non-hydrogen) atoms. The maximum Gasteiger partial charge on any atom is 0.433 e. The molecule has 1 fully saturated rings. The van der Waals surface area contributed by atoms with E-state index in [4.69, 9.17) is 11.2 Å². The van der Waals surface area contributed by atoms with Gasteiger partial charge in [-0.15, -0.1) is 6.42 Å². The number of hydrogen-bond donors (Lipinski definition) is 2. The molecule has 1 saturated heterocycles. The molecule has 1 aromatic carbocycles. The van der Waals surface area contributed by atoms with Crippen molar-refractivity contribution in [1.29, 1.82) is 0 Å². The summed E-state index contributed by atoms with van der Waals surface area (Å²) in [5, 5.41) is 2.52. The van der Waals surface area contributed by atoms with Gasteiger partial charge in [-0.3, -0.25) is 9.52 Å². The van der Waals surface area contributed by atoms with E-state index in [0.29, 0.717) is 31.9 Å². The lowest BCUT2D eigenvalue weighted by molar-refractivity contribution is -0.141. The van der Waals surface area contributed by atoms with Crippen LogP contribution in [0.1, 0.15) is 22.4 Å². The van der Waals surface area contributed by atoms with Gasteiger partial charge >= 0.3 is 6.18 Å². The van der Waals surface area contributed by atoms with E-state index in [1.807, 2.05) is 4.72 Å². The zero-order chi connectivity index (χ0) is 26.5. The number of ether oxygens (including phenoxy) is 1. The van der Waals surface area contributed by atoms with E-state index < -0.39 is 33.6 Å². The van der Waals surface area contributed by atoms with Gasteiger partial charge in [0.25, 0.3) is 0 Å².